The Morgan fingerprint density at radius 2 is 1.79 bits per heavy atom. The van der Waals surface area contributed by atoms with Crippen LogP contribution in [0.2, 0.25) is 0 Å². The van der Waals surface area contributed by atoms with E-state index < -0.39 is 15.7 Å². The van der Waals surface area contributed by atoms with Crippen LogP contribution in [-0.4, -0.2) is 36.8 Å². The summed E-state index contributed by atoms with van der Waals surface area (Å²) in [6.07, 6.45) is 0.0629. The SMILES string of the molecule is Cc1ccc(S(=O)(=O)CCc2noc(C(=O)NCC(C)c3ccccc3)n2)cc1. The Hall–Kier alpha value is -3.00. The van der Waals surface area contributed by atoms with Crippen LogP contribution in [0, 0.1) is 6.92 Å². The molecular formula is C21H23N3O4S. The smallest absolute Gasteiger partial charge is 0.315 e. The summed E-state index contributed by atoms with van der Waals surface area (Å²) in [5.74, 6) is -0.508. The van der Waals surface area contributed by atoms with Crippen molar-refractivity contribution >= 4 is 15.7 Å². The molecule has 3 rings (SSSR count). The fourth-order valence-electron chi connectivity index (χ4n) is 2.76. The Morgan fingerprint density at radius 3 is 2.48 bits per heavy atom. The van der Waals surface area contributed by atoms with Crippen molar-refractivity contribution in [2.75, 3.05) is 12.3 Å². The molecular weight excluding hydrogens is 390 g/mol. The van der Waals surface area contributed by atoms with E-state index in [1.165, 1.54) is 0 Å². The number of carbonyl (C=O) groups excluding carboxylic acids is 1. The largest absolute Gasteiger partial charge is 0.347 e. The van der Waals surface area contributed by atoms with Gasteiger partial charge in [-0.15, -0.1) is 0 Å². The zero-order chi connectivity index (χ0) is 20.9. The normalized spacial score (nSPS) is 12.5. The zero-order valence-electron chi connectivity index (χ0n) is 16.3. The maximum absolute atomic E-state index is 12.4. The third kappa shape index (κ3) is 5.51. The fraction of sp³-hybridized carbons (Fsp3) is 0.286. The minimum absolute atomic E-state index is 0.0629. The van der Waals surface area contributed by atoms with E-state index >= 15 is 0 Å². The van der Waals surface area contributed by atoms with Crippen molar-refractivity contribution in [3.63, 3.8) is 0 Å². The van der Waals surface area contributed by atoms with Gasteiger partial charge in [0.25, 0.3) is 0 Å². The van der Waals surface area contributed by atoms with E-state index in [4.69, 9.17) is 4.52 Å². The van der Waals surface area contributed by atoms with Crippen LogP contribution in [0.4, 0.5) is 0 Å². The lowest BCUT2D eigenvalue weighted by molar-refractivity contribution is 0.0907. The van der Waals surface area contributed by atoms with Crippen molar-refractivity contribution in [3.8, 4) is 0 Å². The van der Waals surface area contributed by atoms with Gasteiger partial charge in [0.15, 0.2) is 15.7 Å². The minimum Gasteiger partial charge on any atom is -0.347 e. The third-order valence-electron chi connectivity index (χ3n) is 4.57. The monoisotopic (exact) mass is 413 g/mol. The molecule has 8 heteroatoms. The highest BCUT2D eigenvalue weighted by atomic mass is 32.2. The molecule has 3 aromatic rings. The summed E-state index contributed by atoms with van der Waals surface area (Å²) in [6, 6.07) is 16.5. The number of nitrogens with zero attached hydrogens (tertiary/aromatic N) is 2. The van der Waals surface area contributed by atoms with Crippen molar-refractivity contribution in [1.29, 1.82) is 0 Å². The molecule has 1 N–H and O–H groups in total. The van der Waals surface area contributed by atoms with Crippen LogP contribution in [0.15, 0.2) is 64.0 Å². The molecule has 152 valence electrons. The summed E-state index contributed by atoms with van der Waals surface area (Å²) in [7, 11) is -3.46. The topological polar surface area (TPSA) is 102 Å². The standard InChI is InChI=1S/C21H23N3O4S/c1-15-8-10-18(11-9-15)29(26,27)13-12-19-23-21(28-24-19)20(25)22-14-16(2)17-6-4-3-5-7-17/h3-11,16H,12-14H2,1-2H3,(H,22,25). The summed E-state index contributed by atoms with van der Waals surface area (Å²) in [6.45, 7) is 4.32. The number of amides is 1. The van der Waals surface area contributed by atoms with E-state index in [1.807, 2.05) is 44.2 Å². The first-order valence-electron chi connectivity index (χ1n) is 9.30. The van der Waals surface area contributed by atoms with Gasteiger partial charge in [-0.3, -0.25) is 4.79 Å². The Bertz CT molecular complexity index is 1060. The highest BCUT2D eigenvalue weighted by molar-refractivity contribution is 7.91. The van der Waals surface area contributed by atoms with Gasteiger partial charge in [-0.1, -0.05) is 60.1 Å². The first-order valence-corrected chi connectivity index (χ1v) is 11.0. The van der Waals surface area contributed by atoms with Gasteiger partial charge in [0.05, 0.1) is 10.6 Å². The molecule has 0 saturated carbocycles. The molecule has 1 unspecified atom stereocenters. The Labute approximate surface area is 170 Å². The summed E-state index contributed by atoms with van der Waals surface area (Å²) in [5, 5.41) is 6.48. The summed E-state index contributed by atoms with van der Waals surface area (Å²) >= 11 is 0. The van der Waals surface area contributed by atoms with Gasteiger partial charge in [-0.2, -0.15) is 4.98 Å². The maximum Gasteiger partial charge on any atom is 0.315 e. The molecule has 0 aliphatic heterocycles. The molecule has 0 fully saturated rings. The van der Waals surface area contributed by atoms with E-state index in [9.17, 15) is 13.2 Å². The van der Waals surface area contributed by atoms with E-state index in [1.54, 1.807) is 24.3 Å². The van der Waals surface area contributed by atoms with Crippen LogP contribution < -0.4 is 5.32 Å². The van der Waals surface area contributed by atoms with Crippen molar-refractivity contribution in [3.05, 3.63) is 77.4 Å². The van der Waals surface area contributed by atoms with E-state index in [2.05, 4.69) is 15.5 Å². The van der Waals surface area contributed by atoms with Crippen LogP contribution >= 0.6 is 0 Å². The summed E-state index contributed by atoms with van der Waals surface area (Å²) in [4.78, 5) is 16.5. The molecule has 1 heterocycles. The number of nitrogens with one attached hydrogen (secondary N) is 1. The zero-order valence-corrected chi connectivity index (χ0v) is 17.1. The number of benzene rings is 2. The van der Waals surface area contributed by atoms with Gasteiger partial charge in [-0.05, 0) is 30.5 Å². The lowest BCUT2D eigenvalue weighted by Gasteiger charge is -2.11. The average Bonchev–Trinajstić information content (AvgIpc) is 3.20. The third-order valence-corrected chi connectivity index (χ3v) is 6.31. The Morgan fingerprint density at radius 1 is 1.10 bits per heavy atom. The van der Waals surface area contributed by atoms with Crippen molar-refractivity contribution in [1.82, 2.24) is 15.5 Å². The van der Waals surface area contributed by atoms with Gasteiger partial charge < -0.3 is 9.84 Å². The van der Waals surface area contributed by atoms with Gasteiger partial charge in [-0.25, -0.2) is 8.42 Å². The van der Waals surface area contributed by atoms with Gasteiger partial charge in [0, 0.05) is 13.0 Å². The number of sulfone groups is 1. The minimum atomic E-state index is -3.46. The molecule has 29 heavy (non-hydrogen) atoms. The van der Waals surface area contributed by atoms with Crippen molar-refractivity contribution in [2.45, 2.75) is 31.1 Å². The average molecular weight is 413 g/mol. The molecule has 0 aliphatic rings. The van der Waals surface area contributed by atoms with Crippen molar-refractivity contribution in [2.24, 2.45) is 0 Å². The molecule has 0 bridgehead atoms. The molecule has 2 aromatic carbocycles. The molecule has 0 radical (unpaired) electrons. The van der Waals surface area contributed by atoms with Crippen LogP contribution in [0.5, 0.6) is 0 Å². The quantitative estimate of drug-likeness (QED) is 0.609. The molecule has 7 nitrogen and oxygen atoms in total. The number of carbonyl (C=O) groups is 1. The highest BCUT2D eigenvalue weighted by Crippen LogP contribution is 2.14. The van der Waals surface area contributed by atoms with Crippen molar-refractivity contribution < 1.29 is 17.7 Å². The maximum atomic E-state index is 12.4. The molecule has 0 spiro atoms. The Balaban J connectivity index is 1.54. The predicted octanol–water partition coefficient (Wildman–Crippen LogP) is 2.93. The number of rotatable bonds is 8. The second-order valence-electron chi connectivity index (χ2n) is 6.92. The summed E-state index contributed by atoms with van der Waals surface area (Å²) in [5.41, 5.74) is 2.10. The van der Waals surface area contributed by atoms with Crippen LogP contribution in [0.3, 0.4) is 0 Å². The highest BCUT2D eigenvalue weighted by Gasteiger charge is 2.19. The molecule has 1 aromatic heterocycles. The van der Waals surface area contributed by atoms with E-state index in [0.29, 0.717) is 6.54 Å². The number of aromatic nitrogens is 2. The van der Waals surface area contributed by atoms with Crippen LogP contribution in [0.25, 0.3) is 0 Å². The predicted molar refractivity (Wildman–Crippen MR) is 108 cm³/mol. The Kier molecular flexibility index (Phi) is 6.43. The number of hydrogen-bond donors (Lipinski definition) is 1. The first kappa shape index (κ1) is 20.7. The molecule has 1 amide bonds. The molecule has 0 aliphatic carbocycles. The second kappa shape index (κ2) is 9.00. The van der Waals surface area contributed by atoms with Crippen LogP contribution in [0.1, 0.15) is 40.5 Å². The lowest BCUT2D eigenvalue weighted by atomic mass is 10.0. The van der Waals surface area contributed by atoms with Crippen LogP contribution in [-0.2, 0) is 16.3 Å². The second-order valence-corrected chi connectivity index (χ2v) is 9.03. The van der Waals surface area contributed by atoms with E-state index in [-0.39, 0.29) is 34.7 Å². The fourth-order valence-corrected chi connectivity index (χ4v) is 4.00. The lowest BCUT2D eigenvalue weighted by Crippen LogP contribution is -2.27. The van der Waals surface area contributed by atoms with Gasteiger partial charge in [0.1, 0.15) is 0 Å². The van der Waals surface area contributed by atoms with Gasteiger partial charge in [0.2, 0.25) is 0 Å². The molecule has 1 atom stereocenters. The molecule has 0 saturated heterocycles. The van der Waals surface area contributed by atoms with Gasteiger partial charge >= 0.3 is 11.8 Å². The summed E-state index contributed by atoms with van der Waals surface area (Å²) < 4.78 is 29.8. The number of aryl methyl sites for hydroxylation is 2. The van der Waals surface area contributed by atoms with E-state index in [0.717, 1.165) is 11.1 Å². The first-order chi connectivity index (χ1) is 13.8. The number of hydrogen-bond acceptors (Lipinski definition) is 6.